The van der Waals surface area contributed by atoms with Crippen LogP contribution >= 0.6 is 15.9 Å². The molecule has 1 aromatic carbocycles. The Bertz CT molecular complexity index is 1000. The minimum Gasteiger partial charge on any atom is -0.336 e. The van der Waals surface area contributed by atoms with E-state index in [1.165, 1.54) is 5.56 Å². The Morgan fingerprint density at radius 2 is 1.96 bits per heavy atom. The van der Waals surface area contributed by atoms with Crippen LogP contribution in [0.15, 0.2) is 65.5 Å². The zero-order chi connectivity index (χ0) is 17.2. The summed E-state index contributed by atoms with van der Waals surface area (Å²) in [5, 5.41) is 0. The van der Waals surface area contributed by atoms with E-state index in [0.717, 1.165) is 39.9 Å². The van der Waals surface area contributed by atoms with E-state index < -0.39 is 0 Å². The second-order valence-electron chi connectivity index (χ2n) is 6.15. The molecular weight excluding hydrogens is 376 g/mol. The van der Waals surface area contributed by atoms with Gasteiger partial charge in [-0.05, 0) is 40.0 Å². The fraction of sp³-hybridized carbons (Fsp3) is 0.200. The average Bonchev–Trinajstić information content (AvgIpc) is 3.21. The molecule has 5 heteroatoms. The van der Waals surface area contributed by atoms with Gasteiger partial charge in [-0.15, -0.1) is 0 Å². The largest absolute Gasteiger partial charge is 0.336 e. The first-order chi connectivity index (χ1) is 12.2. The number of nitrogens with zero attached hydrogens (tertiary/aromatic N) is 4. The first kappa shape index (κ1) is 16.1. The second kappa shape index (κ2) is 6.84. The number of pyridine rings is 1. The van der Waals surface area contributed by atoms with Gasteiger partial charge in [0.05, 0.1) is 5.52 Å². The number of benzene rings is 1. The third-order valence-corrected chi connectivity index (χ3v) is 4.69. The van der Waals surface area contributed by atoms with E-state index in [-0.39, 0.29) is 0 Å². The molecule has 4 nitrogen and oxygen atoms in total. The molecule has 0 unspecified atom stereocenters. The standard InChI is InChI=1S/C20H19BrN4/c1-2-6-15-9-10-24(13-15)14-25-18-11-17(21)12-22-19(18)23-20(25)16-7-4-3-5-8-16/h3-5,7-13H,2,6,14H2,1H3. The Hall–Kier alpha value is -2.40. The van der Waals surface area contributed by atoms with Crippen molar-refractivity contribution in [3.8, 4) is 11.4 Å². The van der Waals surface area contributed by atoms with Crippen LogP contribution in [0.2, 0.25) is 0 Å². The summed E-state index contributed by atoms with van der Waals surface area (Å²) in [6.45, 7) is 2.92. The van der Waals surface area contributed by atoms with E-state index >= 15 is 0 Å². The lowest BCUT2D eigenvalue weighted by atomic mass is 10.2. The first-order valence-electron chi connectivity index (χ1n) is 8.46. The summed E-state index contributed by atoms with van der Waals surface area (Å²) in [5.74, 6) is 0.937. The zero-order valence-electron chi connectivity index (χ0n) is 14.1. The molecule has 0 spiro atoms. The monoisotopic (exact) mass is 394 g/mol. The Kier molecular flexibility index (Phi) is 4.40. The average molecular weight is 395 g/mol. The quantitative estimate of drug-likeness (QED) is 0.470. The van der Waals surface area contributed by atoms with Crippen molar-refractivity contribution in [2.75, 3.05) is 0 Å². The fourth-order valence-corrected chi connectivity index (χ4v) is 3.43. The van der Waals surface area contributed by atoms with E-state index in [0.29, 0.717) is 6.67 Å². The molecule has 0 saturated carbocycles. The van der Waals surface area contributed by atoms with Crippen molar-refractivity contribution < 1.29 is 0 Å². The predicted molar refractivity (Wildman–Crippen MR) is 104 cm³/mol. The summed E-state index contributed by atoms with van der Waals surface area (Å²) >= 11 is 3.53. The van der Waals surface area contributed by atoms with Crippen LogP contribution in [0.4, 0.5) is 0 Å². The molecule has 0 aliphatic carbocycles. The van der Waals surface area contributed by atoms with Gasteiger partial charge in [-0.2, -0.15) is 0 Å². The molecule has 0 atom stereocenters. The van der Waals surface area contributed by atoms with Crippen LogP contribution < -0.4 is 0 Å². The van der Waals surface area contributed by atoms with Gasteiger partial charge in [-0.3, -0.25) is 0 Å². The lowest BCUT2D eigenvalue weighted by Crippen LogP contribution is -2.08. The van der Waals surface area contributed by atoms with Crippen LogP contribution in [0.5, 0.6) is 0 Å². The summed E-state index contributed by atoms with van der Waals surface area (Å²) in [6, 6.07) is 14.6. The molecule has 0 amide bonds. The minimum absolute atomic E-state index is 0.711. The zero-order valence-corrected chi connectivity index (χ0v) is 15.6. The van der Waals surface area contributed by atoms with Crippen molar-refractivity contribution in [3.63, 3.8) is 0 Å². The summed E-state index contributed by atoms with van der Waals surface area (Å²) in [7, 11) is 0. The van der Waals surface area contributed by atoms with Crippen molar-refractivity contribution >= 4 is 27.1 Å². The molecule has 25 heavy (non-hydrogen) atoms. The highest BCUT2D eigenvalue weighted by molar-refractivity contribution is 9.10. The lowest BCUT2D eigenvalue weighted by molar-refractivity contribution is 0.629. The molecule has 0 aliphatic rings. The minimum atomic E-state index is 0.711. The highest BCUT2D eigenvalue weighted by atomic mass is 79.9. The molecule has 0 saturated heterocycles. The van der Waals surface area contributed by atoms with Gasteiger partial charge in [0.15, 0.2) is 5.65 Å². The third-order valence-electron chi connectivity index (χ3n) is 4.26. The van der Waals surface area contributed by atoms with Gasteiger partial charge in [0.1, 0.15) is 12.5 Å². The van der Waals surface area contributed by atoms with Crippen molar-refractivity contribution in [2.24, 2.45) is 0 Å². The number of rotatable bonds is 5. The van der Waals surface area contributed by atoms with Gasteiger partial charge >= 0.3 is 0 Å². The Morgan fingerprint density at radius 3 is 2.76 bits per heavy atom. The predicted octanol–water partition coefficient (Wildman–Crippen LogP) is 5.12. The first-order valence-corrected chi connectivity index (χ1v) is 9.26. The maximum Gasteiger partial charge on any atom is 0.178 e. The highest BCUT2D eigenvalue weighted by Crippen LogP contribution is 2.26. The topological polar surface area (TPSA) is 35.6 Å². The third kappa shape index (κ3) is 3.24. The van der Waals surface area contributed by atoms with Gasteiger partial charge in [-0.25, -0.2) is 9.97 Å². The van der Waals surface area contributed by atoms with Crippen molar-refractivity contribution in [1.82, 2.24) is 19.1 Å². The molecule has 0 fully saturated rings. The molecular formula is C20H19BrN4. The summed E-state index contributed by atoms with van der Waals surface area (Å²) < 4.78 is 5.39. The number of hydrogen-bond acceptors (Lipinski definition) is 2. The molecule has 4 rings (SSSR count). The number of aromatic nitrogens is 4. The number of hydrogen-bond donors (Lipinski definition) is 0. The van der Waals surface area contributed by atoms with E-state index in [9.17, 15) is 0 Å². The molecule has 4 aromatic rings. The van der Waals surface area contributed by atoms with E-state index in [1.807, 2.05) is 18.2 Å². The van der Waals surface area contributed by atoms with Gasteiger partial charge in [-0.1, -0.05) is 43.7 Å². The van der Waals surface area contributed by atoms with E-state index in [2.05, 4.69) is 73.6 Å². The molecule has 0 radical (unpaired) electrons. The number of imidazole rings is 1. The Labute approximate surface area is 155 Å². The molecule has 126 valence electrons. The normalized spacial score (nSPS) is 11.3. The molecule has 0 N–H and O–H groups in total. The number of fused-ring (bicyclic) bond motifs is 1. The molecule has 3 aromatic heterocycles. The SMILES string of the molecule is CCCc1ccn(Cn2c(-c3ccccc3)nc3ncc(Br)cc32)c1. The van der Waals surface area contributed by atoms with Crippen LogP contribution in [-0.4, -0.2) is 19.1 Å². The smallest absolute Gasteiger partial charge is 0.178 e. The Balaban J connectivity index is 1.83. The fourth-order valence-electron chi connectivity index (χ4n) is 3.11. The molecule has 3 heterocycles. The summed E-state index contributed by atoms with van der Waals surface area (Å²) in [6.07, 6.45) is 8.41. The van der Waals surface area contributed by atoms with Crippen LogP contribution in [-0.2, 0) is 13.1 Å². The van der Waals surface area contributed by atoms with Gasteiger partial charge < -0.3 is 9.13 Å². The second-order valence-corrected chi connectivity index (χ2v) is 7.07. The lowest BCUT2D eigenvalue weighted by Gasteiger charge is -2.10. The molecule has 0 aliphatic heterocycles. The van der Waals surface area contributed by atoms with Gasteiger partial charge in [0.25, 0.3) is 0 Å². The van der Waals surface area contributed by atoms with Crippen LogP contribution in [0.3, 0.4) is 0 Å². The maximum absolute atomic E-state index is 4.78. The number of halogens is 1. The van der Waals surface area contributed by atoms with E-state index in [1.54, 1.807) is 6.20 Å². The van der Waals surface area contributed by atoms with Crippen molar-refractivity contribution in [2.45, 2.75) is 26.4 Å². The number of aryl methyl sites for hydroxylation is 1. The molecule has 0 bridgehead atoms. The maximum atomic E-state index is 4.78. The van der Waals surface area contributed by atoms with Gasteiger partial charge in [0.2, 0.25) is 0 Å². The van der Waals surface area contributed by atoms with Gasteiger partial charge in [0, 0.05) is 28.6 Å². The highest BCUT2D eigenvalue weighted by Gasteiger charge is 2.14. The Morgan fingerprint density at radius 1 is 1.12 bits per heavy atom. The van der Waals surface area contributed by atoms with Crippen molar-refractivity contribution in [1.29, 1.82) is 0 Å². The van der Waals surface area contributed by atoms with Crippen molar-refractivity contribution in [3.05, 3.63) is 71.1 Å². The van der Waals surface area contributed by atoms with Crippen LogP contribution in [0, 0.1) is 0 Å². The summed E-state index contributed by atoms with van der Waals surface area (Å²) in [4.78, 5) is 9.26. The van der Waals surface area contributed by atoms with E-state index in [4.69, 9.17) is 4.98 Å². The van der Waals surface area contributed by atoms with Crippen LogP contribution in [0.25, 0.3) is 22.6 Å². The van der Waals surface area contributed by atoms with Crippen LogP contribution in [0.1, 0.15) is 18.9 Å². The summed E-state index contributed by atoms with van der Waals surface area (Å²) in [5.41, 5.74) is 4.26.